The summed E-state index contributed by atoms with van der Waals surface area (Å²) >= 11 is 0. The molecule has 2 aromatic rings. The lowest BCUT2D eigenvalue weighted by Crippen LogP contribution is -2.32. The van der Waals surface area contributed by atoms with Crippen molar-refractivity contribution in [2.75, 3.05) is 10.2 Å². The van der Waals surface area contributed by atoms with Gasteiger partial charge in [-0.25, -0.2) is 0 Å². The van der Waals surface area contributed by atoms with Crippen molar-refractivity contribution in [3.8, 4) is 0 Å². The molecule has 0 radical (unpaired) electrons. The maximum absolute atomic E-state index is 12.9. The average Bonchev–Trinajstić information content (AvgIpc) is 3.38. The van der Waals surface area contributed by atoms with Gasteiger partial charge in [-0.2, -0.15) is 0 Å². The summed E-state index contributed by atoms with van der Waals surface area (Å²) in [6, 6.07) is 14.3. The van der Waals surface area contributed by atoms with Crippen LogP contribution in [0.2, 0.25) is 0 Å². The first-order chi connectivity index (χ1) is 13.5. The number of amides is 3. The van der Waals surface area contributed by atoms with Gasteiger partial charge in [0.2, 0.25) is 11.8 Å². The van der Waals surface area contributed by atoms with Crippen LogP contribution in [-0.4, -0.2) is 17.7 Å². The summed E-state index contributed by atoms with van der Waals surface area (Å²) in [5.41, 5.74) is 2.81. The van der Waals surface area contributed by atoms with Gasteiger partial charge in [0, 0.05) is 11.3 Å². The molecular formula is C23H22N2O3. The Labute approximate surface area is 163 Å². The molecule has 2 aliphatic carbocycles. The van der Waals surface area contributed by atoms with E-state index < -0.39 is 0 Å². The predicted molar refractivity (Wildman–Crippen MR) is 106 cm³/mol. The minimum atomic E-state index is -0.213. The first-order valence-corrected chi connectivity index (χ1v) is 9.89. The van der Waals surface area contributed by atoms with Crippen molar-refractivity contribution in [2.45, 2.75) is 26.2 Å². The van der Waals surface area contributed by atoms with Gasteiger partial charge < -0.3 is 5.32 Å². The van der Waals surface area contributed by atoms with Crippen LogP contribution >= 0.6 is 0 Å². The van der Waals surface area contributed by atoms with Crippen molar-refractivity contribution < 1.29 is 14.4 Å². The fourth-order valence-corrected chi connectivity index (χ4v) is 5.33. The number of hydrogen-bond acceptors (Lipinski definition) is 3. The molecule has 4 atom stereocenters. The third kappa shape index (κ3) is 2.49. The summed E-state index contributed by atoms with van der Waals surface area (Å²) in [7, 11) is 0. The van der Waals surface area contributed by atoms with Crippen LogP contribution in [0.25, 0.3) is 0 Å². The predicted octanol–water partition coefficient (Wildman–Crippen LogP) is 3.78. The van der Waals surface area contributed by atoms with Crippen molar-refractivity contribution >= 4 is 29.1 Å². The quantitative estimate of drug-likeness (QED) is 0.832. The van der Waals surface area contributed by atoms with E-state index in [1.54, 1.807) is 24.3 Å². The number of nitrogens with one attached hydrogen (secondary N) is 1. The molecule has 28 heavy (non-hydrogen) atoms. The molecule has 2 bridgehead atoms. The first-order valence-electron chi connectivity index (χ1n) is 9.89. The minimum Gasteiger partial charge on any atom is -0.322 e. The zero-order chi connectivity index (χ0) is 19.4. The summed E-state index contributed by atoms with van der Waals surface area (Å²) < 4.78 is 0. The van der Waals surface area contributed by atoms with Crippen molar-refractivity contribution in [1.82, 2.24) is 0 Å². The van der Waals surface area contributed by atoms with Gasteiger partial charge in [0.25, 0.3) is 5.91 Å². The maximum atomic E-state index is 12.9. The lowest BCUT2D eigenvalue weighted by atomic mass is 9.81. The second kappa shape index (κ2) is 6.30. The van der Waals surface area contributed by atoms with Crippen LogP contribution in [-0.2, 0) is 9.59 Å². The van der Waals surface area contributed by atoms with Crippen LogP contribution in [0, 0.1) is 30.6 Å². The zero-order valence-electron chi connectivity index (χ0n) is 15.7. The molecule has 142 valence electrons. The van der Waals surface area contributed by atoms with Crippen LogP contribution in [0.4, 0.5) is 11.4 Å². The smallest absolute Gasteiger partial charge is 0.255 e. The molecule has 1 aliphatic heterocycles. The van der Waals surface area contributed by atoms with Crippen LogP contribution in [0.5, 0.6) is 0 Å². The van der Waals surface area contributed by atoms with E-state index in [4.69, 9.17) is 0 Å². The van der Waals surface area contributed by atoms with Gasteiger partial charge in [-0.15, -0.1) is 0 Å². The van der Waals surface area contributed by atoms with Crippen LogP contribution in [0.3, 0.4) is 0 Å². The molecule has 0 unspecified atom stereocenters. The summed E-state index contributed by atoms with van der Waals surface area (Å²) in [4.78, 5) is 39.7. The largest absolute Gasteiger partial charge is 0.322 e. The highest BCUT2D eigenvalue weighted by Crippen LogP contribution is 2.56. The van der Waals surface area contributed by atoms with E-state index >= 15 is 0 Å². The standard InChI is InChI=1S/C23H22N2O3/c1-13-4-2-3-5-18(13)24-21(26)14-8-10-17(11-9-14)25-22(27)19-15-6-7-16(12-15)20(19)23(25)28/h2-5,8-11,15-16,19-20H,6-7,12H2,1H3,(H,24,26)/t15-,16+,19-,20-/m0/s1. The number of para-hydroxylation sites is 1. The lowest BCUT2D eigenvalue weighted by molar-refractivity contribution is -0.123. The Hall–Kier alpha value is -2.95. The SMILES string of the molecule is Cc1ccccc1NC(=O)c1ccc(N2C(=O)[C@H]3[C@@H]4CC[C@@H](C4)[C@@H]3C2=O)cc1. The molecule has 2 aromatic carbocycles. The second-order valence-electron chi connectivity index (χ2n) is 8.21. The molecular weight excluding hydrogens is 352 g/mol. The Kier molecular flexibility index (Phi) is 3.86. The van der Waals surface area contributed by atoms with E-state index in [-0.39, 0.29) is 29.6 Å². The fourth-order valence-electron chi connectivity index (χ4n) is 5.33. The Morgan fingerprint density at radius 3 is 2.14 bits per heavy atom. The van der Waals surface area contributed by atoms with Gasteiger partial charge in [0.05, 0.1) is 17.5 Å². The van der Waals surface area contributed by atoms with Crippen molar-refractivity contribution in [2.24, 2.45) is 23.7 Å². The number of carbonyl (C=O) groups is 3. The van der Waals surface area contributed by atoms with E-state index in [1.165, 1.54) is 4.90 Å². The maximum Gasteiger partial charge on any atom is 0.255 e. The van der Waals surface area contributed by atoms with E-state index in [1.807, 2.05) is 31.2 Å². The first kappa shape index (κ1) is 17.2. The number of imide groups is 1. The van der Waals surface area contributed by atoms with Crippen LogP contribution in [0.1, 0.15) is 35.2 Å². The number of hydrogen-bond donors (Lipinski definition) is 1. The second-order valence-corrected chi connectivity index (χ2v) is 8.21. The Morgan fingerprint density at radius 2 is 1.54 bits per heavy atom. The molecule has 1 heterocycles. The molecule has 2 saturated carbocycles. The van der Waals surface area contributed by atoms with Crippen molar-refractivity contribution in [3.05, 3.63) is 59.7 Å². The van der Waals surface area contributed by atoms with Crippen molar-refractivity contribution in [1.29, 1.82) is 0 Å². The van der Waals surface area contributed by atoms with Gasteiger partial charge in [-0.1, -0.05) is 18.2 Å². The molecule has 5 heteroatoms. The average molecular weight is 374 g/mol. The Bertz CT molecular complexity index is 954. The molecule has 0 spiro atoms. The number of carbonyl (C=O) groups excluding carboxylic acids is 3. The zero-order valence-corrected chi connectivity index (χ0v) is 15.7. The summed E-state index contributed by atoms with van der Waals surface area (Å²) in [6.07, 6.45) is 3.16. The molecule has 3 aliphatic rings. The highest BCUT2D eigenvalue weighted by Gasteiger charge is 2.61. The van der Waals surface area contributed by atoms with Gasteiger partial charge in [-0.3, -0.25) is 19.3 Å². The number of fused-ring (bicyclic) bond motifs is 5. The fraction of sp³-hybridized carbons (Fsp3) is 0.348. The Balaban J connectivity index is 1.36. The highest BCUT2D eigenvalue weighted by atomic mass is 16.2. The van der Waals surface area contributed by atoms with Gasteiger partial charge >= 0.3 is 0 Å². The monoisotopic (exact) mass is 374 g/mol. The molecule has 0 aromatic heterocycles. The molecule has 3 amide bonds. The van der Waals surface area contributed by atoms with E-state index in [2.05, 4.69) is 5.32 Å². The molecule has 1 N–H and O–H groups in total. The normalized spacial score (nSPS) is 28.0. The molecule has 5 nitrogen and oxygen atoms in total. The Morgan fingerprint density at radius 1 is 0.929 bits per heavy atom. The summed E-state index contributed by atoms with van der Waals surface area (Å²) in [5, 5.41) is 2.90. The topological polar surface area (TPSA) is 66.5 Å². The molecule has 5 rings (SSSR count). The van der Waals surface area contributed by atoms with E-state index in [9.17, 15) is 14.4 Å². The van der Waals surface area contributed by atoms with E-state index in [0.717, 1.165) is 30.5 Å². The highest BCUT2D eigenvalue weighted by molar-refractivity contribution is 6.22. The molecule has 3 fully saturated rings. The van der Waals surface area contributed by atoms with Gasteiger partial charge in [-0.05, 0) is 73.9 Å². The van der Waals surface area contributed by atoms with Gasteiger partial charge in [0.15, 0.2) is 0 Å². The third-order valence-corrected chi connectivity index (χ3v) is 6.71. The summed E-state index contributed by atoms with van der Waals surface area (Å²) in [5.74, 6) is 0.158. The third-order valence-electron chi connectivity index (χ3n) is 6.71. The summed E-state index contributed by atoms with van der Waals surface area (Å²) in [6.45, 7) is 1.94. The minimum absolute atomic E-state index is 0.0562. The molecule has 1 saturated heterocycles. The number of aryl methyl sites for hydroxylation is 1. The van der Waals surface area contributed by atoms with E-state index in [0.29, 0.717) is 23.1 Å². The number of nitrogens with zero attached hydrogens (tertiary/aromatic N) is 1. The van der Waals surface area contributed by atoms with Crippen LogP contribution < -0.4 is 10.2 Å². The number of benzene rings is 2. The van der Waals surface area contributed by atoms with Crippen LogP contribution in [0.15, 0.2) is 48.5 Å². The lowest BCUT2D eigenvalue weighted by Gasteiger charge is -2.19. The number of rotatable bonds is 3. The van der Waals surface area contributed by atoms with Gasteiger partial charge in [0.1, 0.15) is 0 Å². The number of anilines is 2. The van der Waals surface area contributed by atoms with Crippen molar-refractivity contribution in [3.63, 3.8) is 0 Å².